The Balaban J connectivity index is 1.82. The van der Waals surface area contributed by atoms with Crippen LogP contribution < -0.4 is 10.6 Å². The van der Waals surface area contributed by atoms with Gasteiger partial charge in [-0.1, -0.05) is 57.9 Å². The smallest absolute Gasteiger partial charge is 0.229 e. The number of ether oxygens (including phenoxy) is 1. The molecular weight excluding hydrogens is 624 g/mol. The number of carbonyl (C=O) groups excluding carboxylic acids is 1. The zero-order valence-electron chi connectivity index (χ0n) is 28.3. The molecule has 0 radical (unpaired) electrons. The summed E-state index contributed by atoms with van der Waals surface area (Å²) in [6, 6.07) is 10.1. The van der Waals surface area contributed by atoms with Crippen LogP contribution in [-0.2, 0) is 38.8 Å². The van der Waals surface area contributed by atoms with E-state index in [-0.39, 0.29) is 18.5 Å². The Hall–Kier alpha value is -2.73. The Morgan fingerprint density at radius 3 is 2.32 bits per heavy atom. The van der Waals surface area contributed by atoms with E-state index in [4.69, 9.17) is 4.74 Å². The molecule has 0 heterocycles. The van der Waals surface area contributed by atoms with Crippen molar-refractivity contribution in [2.24, 2.45) is 16.8 Å². The minimum Gasteiger partial charge on any atom is -0.390 e. The van der Waals surface area contributed by atoms with E-state index in [1.165, 1.54) is 11.8 Å². The maximum absolute atomic E-state index is 14.1. The van der Waals surface area contributed by atoms with Gasteiger partial charge in [0.2, 0.25) is 5.91 Å². The van der Waals surface area contributed by atoms with Crippen molar-refractivity contribution < 1.29 is 31.8 Å². The van der Waals surface area contributed by atoms with Gasteiger partial charge in [0.15, 0.2) is 9.84 Å². The van der Waals surface area contributed by atoms with Gasteiger partial charge in [-0.2, -0.15) is 0 Å². The van der Waals surface area contributed by atoms with Gasteiger partial charge in [-0.25, -0.2) is 17.2 Å². The summed E-state index contributed by atoms with van der Waals surface area (Å²) >= 11 is 0. The van der Waals surface area contributed by atoms with E-state index in [2.05, 4.69) is 28.6 Å². The largest absolute Gasteiger partial charge is 0.390 e. The molecular formula is C36H53F2N3O5S. The standard InChI is InChI=1S/C36H53F2N3O5S/c1-5-9-33(10-6-2)47(44,45)24-30(21-40-25(4)46-23-27-13-14-27)36(43)41-34(18-29-16-31(37)19-32(38)17-29)35(42)22-39-20-28-12-8-11-26(7-3)15-28/h8,11-12,15-17,19,21,25,27,30,33-35,39,42H,5-7,9-10,13-14,18,20,22-24H2,1-4H3,(H,41,43)/b40-21+/t25?,30?,34-,35+/m0/s1. The number of aliphatic imine (C=N–C) groups is 1. The Kier molecular flexibility index (Phi) is 15.9. The molecule has 0 bridgehead atoms. The van der Waals surface area contributed by atoms with Gasteiger partial charge in [-0.15, -0.1) is 0 Å². The normalized spacial score (nSPS) is 16.3. The third kappa shape index (κ3) is 13.7. The van der Waals surface area contributed by atoms with Crippen LogP contribution in [0.15, 0.2) is 47.5 Å². The van der Waals surface area contributed by atoms with Gasteiger partial charge in [0.25, 0.3) is 0 Å². The van der Waals surface area contributed by atoms with Gasteiger partial charge >= 0.3 is 0 Å². The van der Waals surface area contributed by atoms with Crippen molar-refractivity contribution in [2.45, 2.75) is 109 Å². The lowest BCUT2D eigenvalue weighted by atomic mass is 9.99. The molecule has 0 spiro atoms. The SMILES string of the molecule is CCCC(CCC)S(=O)(=O)CC(/C=N/C(C)OCC1CC1)C(=O)N[C@@H](Cc1cc(F)cc(F)c1)[C@H](O)CNCc1cccc(CC)c1. The summed E-state index contributed by atoms with van der Waals surface area (Å²) in [6.45, 7) is 8.75. The van der Waals surface area contributed by atoms with E-state index in [9.17, 15) is 27.1 Å². The molecule has 1 fully saturated rings. The monoisotopic (exact) mass is 677 g/mol. The second-order valence-electron chi connectivity index (χ2n) is 12.8. The highest BCUT2D eigenvalue weighted by molar-refractivity contribution is 7.92. The average Bonchev–Trinajstić information content (AvgIpc) is 3.86. The van der Waals surface area contributed by atoms with Gasteiger partial charge < -0.3 is 20.5 Å². The molecule has 0 aliphatic heterocycles. The van der Waals surface area contributed by atoms with Crippen molar-refractivity contribution in [3.05, 3.63) is 70.8 Å². The predicted molar refractivity (Wildman–Crippen MR) is 183 cm³/mol. The molecule has 0 saturated heterocycles. The van der Waals surface area contributed by atoms with Crippen molar-refractivity contribution in [1.29, 1.82) is 0 Å². The number of nitrogens with zero attached hydrogens (tertiary/aromatic N) is 1. The first-order valence-corrected chi connectivity index (χ1v) is 18.7. The number of hydrogen-bond donors (Lipinski definition) is 3. The fourth-order valence-corrected chi connectivity index (χ4v) is 7.77. The first-order chi connectivity index (χ1) is 22.4. The van der Waals surface area contributed by atoms with Crippen LogP contribution in [0.2, 0.25) is 0 Å². The minimum atomic E-state index is -3.70. The number of aliphatic hydroxyl groups excluding tert-OH is 1. The van der Waals surface area contributed by atoms with Gasteiger partial charge in [-0.3, -0.25) is 9.79 Å². The summed E-state index contributed by atoms with van der Waals surface area (Å²) in [6.07, 6.45) is 4.98. The number of benzene rings is 2. The summed E-state index contributed by atoms with van der Waals surface area (Å²) in [4.78, 5) is 18.3. The van der Waals surface area contributed by atoms with Crippen LogP contribution in [0.4, 0.5) is 8.78 Å². The number of nitrogens with one attached hydrogen (secondary N) is 2. The van der Waals surface area contributed by atoms with Crippen LogP contribution in [0.1, 0.15) is 82.9 Å². The molecule has 4 atom stereocenters. The van der Waals surface area contributed by atoms with Crippen LogP contribution in [0, 0.1) is 23.5 Å². The summed E-state index contributed by atoms with van der Waals surface area (Å²) in [5.74, 6) is -3.30. The number of rotatable bonds is 22. The lowest BCUT2D eigenvalue weighted by Gasteiger charge is -2.27. The second-order valence-corrected chi connectivity index (χ2v) is 15.1. The van der Waals surface area contributed by atoms with Crippen LogP contribution in [0.25, 0.3) is 0 Å². The van der Waals surface area contributed by atoms with E-state index < -0.39 is 62.7 Å². The number of hydrogen-bond acceptors (Lipinski definition) is 7. The van der Waals surface area contributed by atoms with Crippen LogP contribution in [0.3, 0.4) is 0 Å². The highest BCUT2D eigenvalue weighted by Gasteiger charge is 2.33. The first-order valence-electron chi connectivity index (χ1n) is 17.0. The second kappa shape index (κ2) is 19.3. The van der Waals surface area contributed by atoms with E-state index in [0.29, 0.717) is 44.8 Å². The molecule has 2 aromatic carbocycles. The number of amides is 1. The minimum absolute atomic E-state index is 0.0667. The van der Waals surface area contributed by atoms with Gasteiger partial charge in [0.05, 0.1) is 35.7 Å². The van der Waals surface area contributed by atoms with Crippen molar-refractivity contribution in [3.8, 4) is 0 Å². The highest BCUT2D eigenvalue weighted by atomic mass is 32.2. The van der Waals surface area contributed by atoms with Crippen molar-refractivity contribution in [1.82, 2.24) is 10.6 Å². The highest BCUT2D eigenvalue weighted by Crippen LogP contribution is 2.29. The number of aliphatic hydroxyl groups is 1. The number of aryl methyl sites for hydroxylation is 1. The quantitative estimate of drug-likeness (QED) is 0.141. The molecule has 1 aliphatic rings. The molecule has 262 valence electrons. The maximum Gasteiger partial charge on any atom is 0.229 e. The first kappa shape index (κ1) is 38.7. The topological polar surface area (TPSA) is 117 Å². The van der Waals surface area contributed by atoms with E-state index >= 15 is 0 Å². The van der Waals surface area contributed by atoms with Crippen LogP contribution in [-0.4, -0.2) is 68.2 Å². The zero-order chi connectivity index (χ0) is 34.4. The molecule has 3 rings (SSSR count). The Morgan fingerprint density at radius 2 is 1.70 bits per heavy atom. The van der Waals surface area contributed by atoms with Crippen LogP contribution in [0.5, 0.6) is 0 Å². The van der Waals surface area contributed by atoms with Gasteiger partial charge in [-0.05, 0) is 80.2 Å². The zero-order valence-corrected chi connectivity index (χ0v) is 29.1. The van der Waals surface area contributed by atoms with E-state index in [0.717, 1.165) is 43.0 Å². The molecule has 1 amide bonds. The number of sulfone groups is 1. The van der Waals surface area contributed by atoms with E-state index in [1.54, 1.807) is 6.92 Å². The maximum atomic E-state index is 14.1. The summed E-state index contributed by atoms with van der Waals surface area (Å²) in [7, 11) is -3.70. The lowest BCUT2D eigenvalue weighted by Crippen LogP contribution is -2.51. The Morgan fingerprint density at radius 1 is 1.04 bits per heavy atom. The third-order valence-corrected chi connectivity index (χ3v) is 10.8. The number of carbonyl (C=O) groups is 1. The molecule has 47 heavy (non-hydrogen) atoms. The summed E-state index contributed by atoms with van der Waals surface area (Å²) in [5, 5.41) is 16.7. The lowest BCUT2D eigenvalue weighted by molar-refractivity contribution is -0.124. The summed E-state index contributed by atoms with van der Waals surface area (Å²) in [5.41, 5.74) is 2.45. The Labute approximate surface area is 279 Å². The van der Waals surface area contributed by atoms with Crippen molar-refractivity contribution >= 4 is 22.0 Å². The average molecular weight is 678 g/mol. The molecule has 11 heteroatoms. The Bertz CT molecular complexity index is 1380. The van der Waals surface area contributed by atoms with Gasteiger partial charge in [0, 0.05) is 25.4 Å². The van der Waals surface area contributed by atoms with E-state index in [1.807, 2.05) is 32.0 Å². The molecule has 1 aliphatic carbocycles. The molecule has 1 saturated carbocycles. The molecule has 0 aromatic heterocycles. The van der Waals surface area contributed by atoms with Crippen LogP contribution >= 0.6 is 0 Å². The van der Waals surface area contributed by atoms with Crippen molar-refractivity contribution in [2.75, 3.05) is 18.9 Å². The fourth-order valence-electron chi connectivity index (χ4n) is 5.57. The predicted octanol–water partition coefficient (Wildman–Crippen LogP) is 5.55. The number of halogens is 2. The fraction of sp³-hybridized carbons (Fsp3) is 0.611. The van der Waals surface area contributed by atoms with Gasteiger partial charge in [0.1, 0.15) is 17.9 Å². The van der Waals surface area contributed by atoms with Crippen molar-refractivity contribution in [3.63, 3.8) is 0 Å². The molecule has 2 unspecified atom stereocenters. The summed E-state index contributed by atoms with van der Waals surface area (Å²) < 4.78 is 61.1. The molecule has 2 aromatic rings. The molecule has 3 N–H and O–H groups in total. The third-order valence-electron chi connectivity index (χ3n) is 8.48. The molecule has 8 nitrogen and oxygen atoms in total.